The van der Waals surface area contributed by atoms with Crippen molar-refractivity contribution in [1.29, 1.82) is 10.5 Å². The highest BCUT2D eigenvalue weighted by Crippen LogP contribution is 2.51. The molecule has 10 rings (SSSR count). The van der Waals surface area contributed by atoms with Crippen molar-refractivity contribution in [2.45, 2.75) is 28.9 Å². The van der Waals surface area contributed by atoms with E-state index in [9.17, 15) is 48.9 Å². The van der Waals surface area contributed by atoms with E-state index in [0.717, 1.165) is 12.1 Å². The quantitative estimate of drug-likeness (QED) is 0.0496. The van der Waals surface area contributed by atoms with E-state index in [1.54, 1.807) is 108 Å². The second kappa shape index (κ2) is 23.8. The van der Waals surface area contributed by atoms with Gasteiger partial charge in [-0.1, -0.05) is 184 Å². The van der Waals surface area contributed by atoms with Crippen molar-refractivity contribution in [3.63, 3.8) is 0 Å². The lowest BCUT2D eigenvalue weighted by molar-refractivity contribution is -0.245. The molecule has 0 radical (unpaired) electrons. The van der Waals surface area contributed by atoms with E-state index < -0.39 is 75.7 Å². The third kappa shape index (κ3) is 11.0. The molecule has 0 aliphatic carbocycles. The van der Waals surface area contributed by atoms with Crippen LogP contribution < -0.4 is 40.9 Å². The number of sulfonamides is 2. The smallest absolute Gasteiger partial charge is 0.378 e. The van der Waals surface area contributed by atoms with Crippen molar-refractivity contribution in [2.24, 2.45) is 0 Å². The van der Waals surface area contributed by atoms with Crippen LogP contribution in [0.5, 0.6) is 5.75 Å². The summed E-state index contributed by atoms with van der Waals surface area (Å²) in [5.74, 6) is -9.10. The molecule has 4 aromatic heterocycles. The fraction of sp³-hybridized carbons (Fsp3) is 0.0820. The largest absolute Gasteiger partial charge is 0.512 e. The van der Waals surface area contributed by atoms with Crippen LogP contribution in [0.2, 0.25) is 0 Å². The van der Waals surface area contributed by atoms with Crippen molar-refractivity contribution in [3.8, 4) is 40.4 Å². The van der Waals surface area contributed by atoms with Crippen molar-refractivity contribution >= 4 is 87.6 Å². The third-order valence-corrected chi connectivity index (χ3v) is 18.9. The Hall–Kier alpha value is -9.73. The standard InChI is InChI=1S/C61H40B2F9N7O7S3/c1-40-20-14-15-29-47(40)55-53-52(56(48(38-73)50-30-16-18-36-75-50)79(55)63(44-25-10-4-11-26-44)45-27-12-5-13-28-45)54(78(57(53)49(39-74)51-31-17-19-37-76-51)62(42-21-6-2-7-22-42)43-23-8-3-9-24-43)41-32-34-46(35-33-41)86-89(84,85)60(68,69)58(64,65)59(66,67)87(80,81)77-88(82,83)61(70,71)72/h2-37,77H,1H3/b56-48-,57-49-. The van der Waals surface area contributed by atoms with Gasteiger partial charge in [-0.05, 0) is 66.6 Å². The van der Waals surface area contributed by atoms with E-state index in [2.05, 4.69) is 26.3 Å². The molecule has 0 amide bonds. The topological polar surface area (TPSA) is 207 Å². The van der Waals surface area contributed by atoms with Crippen molar-refractivity contribution in [1.82, 2.24) is 23.1 Å². The fourth-order valence-corrected chi connectivity index (χ4v) is 13.8. The number of rotatable bonds is 18. The van der Waals surface area contributed by atoms with E-state index in [1.165, 1.54) is 12.4 Å². The minimum Gasteiger partial charge on any atom is -0.378 e. The molecule has 0 unspecified atom stereocenters. The van der Waals surface area contributed by atoms with Crippen LogP contribution in [0.4, 0.5) is 39.5 Å². The fourth-order valence-electron chi connectivity index (χ4n) is 10.4. The first-order chi connectivity index (χ1) is 42.2. The van der Waals surface area contributed by atoms with Gasteiger partial charge in [0.1, 0.15) is 29.0 Å². The van der Waals surface area contributed by atoms with Gasteiger partial charge in [0.25, 0.3) is 10.0 Å². The van der Waals surface area contributed by atoms with Crippen LogP contribution in [-0.2, 0) is 30.2 Å². The number of halogens is 9. The lowest BCUT2D eigenvalue weighted by Crippen LogP contribution is -2.64. The summed E-state index contributed by atoms with van der Waals surface area (Å²) in [5.41, 5.74) is -2.35. The predicted molar refractivity (Wildman–Crippen MR) is 318 cm³/mol. The van der Waals surface area contributed by atoms with Gasteiger partial charge in [0, 0.05) is 40.1 Å². The first-order valence-electron chi connectivity index (χ1n) is 26.2. The van der Waals surface area contributed by atoms with Crippen LogP contribution in [0, 0.1) is 29.6 Å². The Balaban J connectivity index is 1.39. The van der Waals surface area contributed by atoms with Gasteiger partial charge in [0.05, 0.1) is 22.1 Å². The Kier molecular flexibility index (Phi) is 16.6. The van der Waals surface area contributed by atoms with Crippen molar-refractivity contribution in [2.75, 3.05) is 0 Å². The van der Waals surface area contributed by atoms with Gasteiger partial charge in [0.2, 0.25) is 0 Å². The number of nitriles is 2. The minimum absolute atomic E-state index is 0.0307. The van der Waals surface area contributed by atoms with Gasteiger partial charge in [-0.15, -0.1) is 0 Å². The van der Waals surface area contributed by atoms with E-state index in [4.69, 9.17) is 0 Å². The third-order valence-electron chi connectivity index (χ3n) is 14.3. The van der Waals surface area contributed by atoms with Crippen LogP contribution in [-0.4, -0.2) is 79.8 Å². The molecule has 0 saturated carbocycles. The number of aryl methyl sites for hydroxylation is 1. The number of hydrogen-bond acceptors (Lipinski definition) is 11. The number of hydrogen-bond donors (Lipinski definition) is 1. The second-order valence-electron chi connectivity index (χ2n) is 19.8. The normalized spacial score (nSPS) is 13.3. The number of fused-ring (bicyclic) bond motifs is 1. The maximum Gasteiger partial charge on any atom is 0.512 e. The van der Waals surface area contributed by atoms with Crippen LogP contribution in [0.15, 0.2) is 219 Å². The summed E-state index contributed by atoms with van der Waals surface area (Å²) in [6.07, 6.45) is 2.93. The molecule has 1 N–H and O–H groups in total. The SMILES string of the molecule is Cc1ccccc1-c1c2/c(=C(\C#N)c3ccccn3)n(B(c3ccccc3)c3ccccc3)c(-c3ccc(OS(=O)(=O)C(F)(F)C(F)(F)C(F)(F)S(=O)(=O)NS(=O)(=O)C(F)(F)F)cc3)c2/c(=C(\C#N)c2ccccn2)n1B(c1ccccc1)c1ccccc1. The summed E-state index contributed by atoms with van der Waals surface area (Å²) in [4.78, 5) is 9.37. The minimum atomic E-state index is -8.09. The summed E-state index contributed by atoms with van der Waals surface area (Å²) < 4.78 is 213. The number of pyridine rings is 2. The molecular formula is C61H40B2F9N7O7S3. The first kappa shape index (κ1) is 62.3. The molecule has 0 aliphatic rings. The molecule has 89 heavy (non-hydrogen) atoms. The maximum atomic E-state index is 15.7. The molecule has 6 aromatic carbocycles. The summed E-state index contributed by atoms with van der Waals surface area (Å²) >= 11 is 0. The van der Waals surface area contributed by atoms with Crippen molar-refractivity contribution < 1.29 is 69.0 Å². The Morgan fingerprint density at radius 3 is 1.25 bits per heavy atom. The Morgan fingerprint density at radius 1 is 0.483 bits per heavy atom. The Bertz CT molecular complexity index is 4760. The molecule has 14 nitrogen and oxygen atoms in total. The number of nitrogens with one attached hydrogen (secondary N) is 1. The lowest BCUT2D eigenvalue weighted by atomic mass is 9.50. The van der Waals surface area contributed by atoms with Gasteiger partial charge in [-0.3, -0.25) is 9.97 Å². The van der Waals surface area contributed by atoms with Crippen LogP contribution in [0.1, 0.15) is 17.0 Å². The summed E-state index contributed by atoms with van der Waals surface area (Å²) in [6.45, 7) is -0.0406. The molecule has 28 heteroatoms. The van der Waals surface area contributed by atoms with Gasteiger partial charge in [-0.2, -0.15) is 58.5 Å². The van der Waals surface area contributed by atoms with Crippen LogP contribution in [0.3, 0.4) is 0 Å². The summed E-state index contributed by atoms with van der Waals surface area (Å²) in [5, 5.41) is 9.58. The molecule has 0 aliphatic heterocycles. The zero-order chi connectivity index (χ0) is 63.9. The average molecular weight is 1270 g/mol. The maximum absolute atomic E-state index is 15.7. The van der Waals surface area contributed by atoms with Gasteiger partial charge >= 0.3 is 55.8 Å². The van der Waals surface area contributed by atoms with Gasteiger partial charge < -0.3 is 13.1 Å². The number of alkyl halides is 9. The molecule has 0 atom stereocenters. The highest BCUT2D eigenvalue weighted by Gasteiger charge is 2.83. The monoisotopic (exact) mass is 1270 g/mol. The molecular weight excluding hydrogens is 1230 g/mol. The highest BCUT2D eigenvalue weighted by atomic mass is 32.3. The van der Waals surface area contributed by atoms with E-state index in [-0.39, 0.29) is 49.9 Å². The number of aromatic nitrogens is 4. The summed E-state index contributed by atoms with van der Waals surface area (Å²) in [6, 6.07) is 61.5. The summed E-state index contributed by atoms with van der Waals surface area (Å²) in [7, 11) is -23.2. The van der Waals surface area contributed by atoms with E-state index in [0.29, 0.717) is 56.2 Å². The molecule has 4 heterocycles. The molecule has 0 saturated heterocycles. The Morgan fingerprint density at radius 2 is 0.865 bits per heavy atom. The first-order valence-corrected chi connectivity index (χ1v) is 30.6. The van der Waals surface area contributed by atoms with E-state index in [1.807, 2.05) is 90.3 Å². The molecule has 10 aromatic rings. The predicted octanol–water partition coefficient (Wildman–Crippen LogP) is 7.93. The van der Waals surface area contributed by atoms with Crippen LogP contribution in [0.25, 0.3) is 44.4 Å². The Labute approximate surface area is 503 Å². The number of benzene rings is 6. The average Bonchev–Trinajstić information content (AvgIpc) is 1.59. The molecule has 0 spiro atoms. The van der Waals surface area contributed by atoms with Gasteiger partial charge in [-0.25, -0.2) is 16.8 Å². The van der Waals surface area contributed by atoms with E-state index >= 15 is 26.3 Å². The van der Waals surface area contributed by atoms with Crippen molar-refractivity contribution in [3.05, 3.63) is 246 Å². The molecule has 0 bridgehead atoms. The molecule has 448 valence electrons. The number of nitrogens with zero attached hydrogens (tertiary/aromatic N) is 6. The molecule has 0 fully saturated rings. The zero-order valence-electron chi connectivity index (χ0n) is 45.6. The highest BCUT2D eigenvalue weighted by molar-refractivity contribution is 8.05. The lowest BCUT2D eigenvalue weighted by Gasteiger charge is -2.31. The van der Waals surface area contributed by atoms with Gasteiger partial charge in [0.15, 0.2) is 0 Å². The zero-order valence-corrected chi connectivity index (χ0v) is 48.1. The second-order valence-corrected chi connectivity index (χ2v) is 25.0. The van der Waals surface area contributed by atoms with Crippen LogP contribution >= 0.6 is 0 Å².